The Balaban J connectivity index is 1.32. The minimum atomic E-state index is -0.397. The fourth-order valence-electron chi connectivity index (χ4n) is 6.81. The zero-order chi connectivity index (χ0) is 28.6. The van der Waals surface area contributed by atoms with Crippen molar-refractivity contribution < 1.29 is 0 Å². The van der Waals surface area contributed by atoms with Gasteiger partial charge < -0.3 is 0 Å². The van der Waals surface area contributed by atoms with Crippen molar-refractivity contribution in [2.24, 2.45) is 5.92 Å². The summed E-state index contributed by atoms with van der Waals surface area (Å²) in [5.74, 6) is 0.752. The highest BCUT2D eigenvalue weighted by molar-refractivity contribution is 7.75. The van der Waals surface area contributed by atoms with Gasteiger partial charge in [0.1, 0.15) is 0 Å². The van der Waals surface area contributed by atoms with Crippen LogP contribution in [-0.4, -0.2) is 23.6 Å². The molecule has 1 aliphatic carbocycles. The number of rotatable bonds is 11. The van der Waals surface area contributed by atoms with Crippen LogP contribution in [0.1, 0.15) is 26.2 Å². The molecule has 42 heavy (non-hydrogen) atoms. The average molecular weight is 603 g/mol. The summed E-state index contributed by atoms with van der Waals surface area (Å²) in [4.78, 5) is 0. The van der Waals surface area contributed by atoms with E-state index in [0.29, 0.717) is 5.66 Å². The molecule has 0 saturated heterocycles. The van der Waals surface area contributed by atoms with Gasteiger partial charge in [0, 0.05) is 0 Å². The normalized spacial score (nSPS) is 18.3. The minimum absolute atomic E-state index is 0.304. The summed E-state index contributed by atoms with van der Waals surface area (Å²) >= 11 is 0. The van der Waals surface area contributed by atoms with E-state index in [1.54, 1.807) is 15.9 Å². The summed E-state index contributed by atoms with van der Waals surface area (Å²) < 4.78 is 0. The Kier molecular flexibility index (Phi) is 10.3. The molecule has 4 atom stereocenters. The molecular formula is C39H41P3. The molecule has 0 radical (unpaired) electrons. The van der Waals surface area contributed by atoms with Gasteiger partial charge in [0.05, 0.1) is 0 Å². The molecule has 0 spiro atoms. The van der Waals surface area contributed by atoms with E-state index in [0.717, 1.165) is 11.6 Å². The molecule has 0 heterocycles. The lowest BCUT2D eigenvalue weighted by Crippen LogP contribution is -2.32. The minimum Gasteiger partial charge on any atom is -0.0717 e. The van der Waals surface area contributed by atoms with E-state index in [1.807, 2.05) is 0 Å². The summed E-state index contributed by atoms with van der Waals surface area (Å²) in [6.07, 6.45) is 6.61. The molecule has 1 fully saturated rings. The van der Waals surface area contributed by atoms with Crippen LogP contribution in [0.2, 0.25) is 0 Å². The zero-order valence-corrected chi connectivity index (χ0v) is 27.2. The van der Waals surface area contributed by atoms with Crippen LogP contribution in [0.5, 0.6) is 0 Å². The molecule has 3 heteroatoms. The van der Waals surface area contributed by atoms with E-state index in [4.69, 9.17) is 0 Å². The van der Waals surface area contributed by atoms with E-state index >= 15 is 0 Å². The van der Waals surface area contributed by atoms with Crippen molar-refractivity contribution in [2.45, 2.75) is 37.5 Å². The smallest absolute Gasteiger partial charge is 0.00944 e. The Morgan fingerprint density at radius 3 is 1.36 bits per heavy atom. The van der Waals surface area contributed by atoms with Crippen molar-refractivity contribution >= 4 is 50.3 Å². The Labute approximate surface area is 256 Å². The topological polar surface area (TPSA) is 0 Å². The summed E-state index contributed by atoms with van der Waals surface area (Å²) in [6.45, 7) is 2.62. The monoisotopic (exact) mass is 602 g/mol. The van der Waals surface area contributed by atoms with Gasteiger partial charge in [-0.3, -0.25) is 0 Å². The molecule has 6 rings (SSSR count). The fourth-order valence-corrected chi connectivity index (χ4v) is 16.3. The highest BCUT2D eigenvalue weighted by Crippen LogP contribution is 2.57. The predicted octanol–water partition coefficient (Wildman–Crippen LogP) is 8.62. The third kappa shape index (κ3) is 6.95. The van der Waals surface area contributed by atoms with Gasteiger partial charge in [0.2, 0.25) is 0 Å². The molecule has 5 aromatic carbocycles. The summed E-state index contributed by atoms with van der Waals surface area (Å²) in [5.41, 5.74) is 1.42. The molecule has 0 aromatic heterocycles. The van der Waals surface area contributed by atoms with Gasteiger partial charge in [-0.1, -0.05) is 173 Å². The molecule has 0 N–H and O–H groups in total. The second-order valence-corrected chi connectivity index (χ2v) is 18.8. The molecule has 0 amide bonds. The van der Waals surface area contributed by atoms with Gasteiger partial charge in [-0.25, -0.2) is 0 Å². The van der Waals surface area contributed by atoms with Crippen molar-refractivity contribution in [3.8, 4) is 0 Å². The first-order valence-electron chi connectivity index (χ1n) is 15.4. The maximum absolute atomic E-state index is 2.62. The van der Waals surface area contributed by atoms with E-state index in [9.17, 15) is 0 Å². The van der Waals surface area contributed by atoms with Crippen LogP contribution in [0, 0.1) is 5.92 Å². The highest BCUT2D eigenvalue weighted by Gasteiger charge is 2.40. The quantitative estimate of drug-likeness (QED) is 0.133. The predicted molar refractivity (Wildman–Crippen MR) is 191 cm³/mol. The molecule has 3 unspecified atom stereocenters. The lowest BCUT2D eigenvalue weighted by Gasteiger charge is -2.38. The molecule has 1 aliphatic rings. The summed E-state index contributed by atoms with van der Waals surface area (Å²) in [6, 6.07) is 57.0. The number of benzene rings is 5. The first-order valence-corrected chi connectivity index (χ1v) is 19.9. The second kappa shape index (κ2) is 14.7. The standard InChI is InChI=1S/C39H41P3/c1-32(38-28-17-29-39(38)42(36-24-13-5-14-25-36)37-26-15-6-16-27-37)40(33-18-7-2-8-19-33)30-31-41(34-20-9-3-10-21-34)35-22-11-4-12-23-35/h2-16,18-27,32,38-39H,17,28-31H2,1H3/t32-,38?,39?,40?/m1/s1. The molecule has 0 nitrogen and oxygen atoms in total. The first-order chi connectivity index (χ1) is 20.8. The van der Waals surface area contributed by atoms with Crippen molar-refractivity contribution in [3.05, 3.63) is 152 Å². The second-order valence-electron chi connectivity index (χ2n) is 11.3. The number of hydrogen-bond acceptors (Lipinski definition) is 0. The average Bonchev–Trinajstić information content (AvgIpc) is 3.55. The van der Waals surface area contributed by atoms with Crippen molar-refractivity contribution in [1.29, 1.82) is 0 Å². The molecule has 5 aromatic rings. The van der Waals surface area contributed by atoms with Gasteiger partial charge in [-0.15, -0.1) is 0 Å². The van der Waals surface area contributed by atoms with Gasteiger partial charge in [-0.05, 0) is 84.8 Å². The van der Waals surface area contributed by atoms with E-state index in [1.165, 1.54) is 42.2 Å². The Hall–Kier alpha value is -2.61. The maximum atomic E-state index is 2.62. The van der Waals surface area contributed by atoms with Crippen LogP contribution in [0.3, 0.4) is 0 Å². The van der Waals surface area contributed by atoms with Crippen LogP contribution >= 0.6 is 23.8 Å². The van der Waals surface area contributed by atoms with Crippen LogP contribution in [0.25, 0.3) is 0 Å². The maximum Gasteiger partial charge on any atom is -0.00944 e. The third-order valence-corrected chi connectivity index (χ3v) is 17.7. The fraction of sp³-hybridized carbons (Fsp3) is 0.231. The lowest BCUT2D eigenvalue weighted by atomic mass is 10.0. The highest BCUT2D eigenvalue weighted by atomic mass is 31.1. The van der Waals surface area contributed by atoms with Crippen LogP contribution in [0.15, 0.2) is 152 Å². The van der Waals surface area contributed by atoms with Crippen molar-refractivity contribution in [1.82, 2.24) is 0 Å². The van der Waals surface area contributed by atoms with E-state index in [2.05, 4.69) is 159 Å². The molecule has 1 saturated carbocycles. The Morgan fingerprint density at radius 1 is 0.500 bits per heavy atom. The Bertz CT molecular complexity index is 1400. The van der Waals surface area contributed by atoms with Crippen molar-refractivity contribution in [3.63, 3.8) is 0 Å². The lowest BCUT2D eigenvalue weighted by molar-refractivity contribution is 0.547. The van der Waals surface area contributed by atoms with Gasteiger partial charge in [0.25, 0.3) is 0 Å². The van der Waals surface area contributed by atoms with Crippen LogP contribution in [-0.2, 0) is 0 Å². The van der Waals surface area contributed by atoms with Gasteiger partial charge >= 0.3 is 0 Å². The third-order valence-electron chi connectivity index (χ3n) is 8.83. The van der Waals surface area contributed by atoms with Crippen LogP contribution < -0.4 is 26.5 Å². The summed E-state index contributed by atoms with van der Waals surface area (Å²) in [5, 5.41) is 7.69. The first kappa shape index (κ1) is 29.5. The molecule has 0 bridgehead atoms. The SMILES string of the molecule is C[C@H](C1CCCC1P(c1ccccc1)c1ccccc1)P(CCP(c1ccccc1)c1ccccc1)c1ccccc1. The largest absolute Gasteiger partial charge is 0.0717 e. The van der Waals surface area contributed by atoms with Gasteiger partial charge in [-0.2, -0.15) is 0 Å². The zero-order valence-electron chi connectivity index (χ0n) is 24.5. The van der Waals surface area contributed by atoms with Gasteiger partial charge in [0.15, 0.2) is 0 Å². The molecule has 212 valence electrons. The number of hydrogen-bond donors (Lipinski definition) is 0. The Morgan fingerprint density at radius 2 is 0.905 bits per heavy atom. The van der Waals surface area contributed by atoms with E-state index < -0.39 is 7.92 Å². The van der Waals surface area contributed by atoms with Crippen LogP contribution in [0.4, 0.5) is 0 Å². The molecular weight excluding hydrogens is 561 g/mol. The molecule has 0 aliphatic heterocycles. The van der Waals surface area contributed by atoms with Crippen molar-refractivity contribution in [2.75, 3.05) is 12.3 Å². The van der Waals surface area contributed by atoms with E-state index in [-0.39, 0.29) is 15.8 Å². The summed E-state index contributed by atoms with van der Waals surface area (Å²) in [7, 11) is -1.09.